The number of aliphatic hydroxyl groups is 1. The average molecular weight is 1490 g/mol. The van der Waals surface area contributed by atoms with Gasteiger partial charge < -0.3 is 47.4 Å². The molecule has 0 aliphatic rings. The van der Waals surface area contributed by atoms with Gasteiger partial charge in [0, 0.05) is 47.8 Å². The van der Waals surface area contributed by atoms with E-state index in [0.29, 0.717) is 54.9 Å². The molecule has 0 aliphatic heterocycles. The minimum atomic E-state index is -0.826. The van der Waals surface area contributed by atoms with Crippen LogP contribution in [0.3, 0.4) is 0 Å². The van der Waals surface area contributed by atoms with Gasteiger partial charge in [-0.2, -0.15) is 38.4 Å². The Morgan fingerprint density at radius 1 is 0.463 bits per heavy atom. The number of hydrogen-bond acceptors (Lipinski definition) is 25. The van der Waals surface area contributed by atoms with Gasteiger partial charge in [0.25, 0.3) is 28.7 Å². The maximum absolute atomic E-state index is 11.2. The van der Waals surface area contributed by atoms with Gasteiger partial charge in [-0.3, -0.25) is 45.3 Å². The zero-order chi connectivity index (χ0) is 74.8. The van der Waals surface area contributed by atoms with Crippen LogP contribution in [0.2, 0.25) is 0 Å². The molecule has 30 nitrogen and oxygen atoms in total. The second-order valence-electron chi connectivity index (χ2n) is 24.5. The Kier molecular flexibility index (Phi) is 55.6. The van der Waals surface area contributed by atoms with E-state index in [-0.39, 0.29) is 97.7 Å². The van der Waals surface area contributed by atoms with Crippen molar-refractivity contribution in [3.05, 3.63) is 160 Å². The first-order valence-corrected chi connectivity index (χ1v) is 34.3. The topological polar surface area (TPSA) is 496 Å². The van der Waals surface area contributed by atoms with E-state index in [1.165, 1.54) is 36.4 Å². The Balaban J connectivity index is -0.000000189. The number of nitrogen functional groups attached to an aromatic ring is 2. The summed E-state index contributed by atoms with van der Waals surface area (Å²) in [6, 6.07) is 26.5. The fourth-order valence-electron chi connectivity index (χ4n) is 5.27. The average Bonchev–Trinajstić information content (AvgIpc) is 0.880. The van der Waals surface area contributed by atoms with E-state index in [1.807, 2.05) is 87.4 Å². The van der Waals surface area contributed by atoms with Gasteiger partial charge in [0.1, 0.15) is 28.6 Å². The summed E-state index contributed by atoms with van der Waals surface area (Å²) in [7, 11) is 9.87. The fourth-order valence-corrected chi connectivity index (χ4v) is 5.27. The molecule has 0 heterocycles. The number of halogens is 2. The minimum absolute atomic E-state index is 0. The number of carbonyl (C=O) groups is 1. The van der Waals surface area contributed by atoms with E-state index >= 15 is 0 Å². The quantitative estimate of drug-likeness (QED) is 0.0316. The SMILES string of the molecule is CC(C)(C)CO.CC(C)(C)COc1cccc(N)c1C(N)=O.CC(C)(C)COc1cccc([N+](=O)[O-])c1.Cc1c(N)cccc1OCC(C)(C)C.Cc1c(OCC(C)(C)C)cccc1[N+](=O)[O-].N.O=C=O.O=C=O.O=C=O.O=C=O.O=[N+]([O-])c1cccc([N+](=O)[O-])c1.[Cl][Sn][Cl]. The zero-order valence-corrected chi connectivity index (χ0v) is 60.7. The predicted octanol–water partition coefficient (Wildman–Crippen LogP) is 12.5. The number of aliphatic hydroxyl groups excluding tert-OH is 1. The van der Waals surface area contributed by atoms with Gasteiger partial charge in [-0.15, -0.1) is 0 Å². The van der Waals surface area contributed by atoms with E-state index in [9.17, 15) is 45.3 Å². The Hall–Kier alpha value is -9.21. The van der Waals surface area contributed by atoms with Crippen LogP contribution in [0.25, 0.3) is 0 Å². The van der Waals surface area contributed by atoms with Crippen molar-refractivity contribution in [2.45, 2.75) is 118 Å². The summed E-state index contributed by atoms with van der Waals surface area (Å²) in [4.78, 5) is 116. The van der Waals surface area contributed by atoms with Crippen molar-refractivity contribution in [3.8, 4) is 23.0 Å². The van der Waals surface area contributed by atoms with Gasteiger partial charge in [-0.05, 0) is 83.4 Å². The number of nitro benzene ring substituents is 4. The van der Waals surface area contributed by atoms with Crippen LogP contribution in [-0.2, 0) is 38.4 Å². The number of carbonyl (C=O) groups excluding carboxylic acids is 9. The summed E-state index contributed by atoms with van der Waals surface area (Å²) < 4.78 is 22.3. The summed E-state index contributed by atoms with van der Waals surface area (Å²) in [6.07, 6.45) is 1.00. The van der Waals surface area contributed by atoms with Crippen LogP contribution in [0, 0.1) is 81.4 Å². The third-order valence-electron chi connectivity index (χ3n) is 9.49. The molecular formula is C62H88Cl2N8O22Sn. The molecule has 1 amide bonds. The van der Waals surface area contributed by atoms with Crippen LogP contribution >= 0.6 is 17.8 Å². The van der Waals surface area contributed by atoms with Gasteiger partial charge in [-0.1, -0.05) is 128 Å². The van der Waals surface area contributed by atoms with Gasteiger partial charge in [0.05, 0.1) is 63.8 Å². The molecule has 33 heteroatoms. The third-order valence-corrected chi connectivity index (χ3v) is 9.49. The number of ether oxygens (including phenoxy) is 4. The predicted molar refractivity (Wildman–Crippen MR) is 354 cm³/mol. The van der Waals surface area contributed by atoms with Crippen molar-refractivity contribution >= 4 is 101 Å². The van der Waals surface area contributed by atoms with Crippen LogP contribution in [0.5, 0.6) is 23.0 Å². The van der Waals surface area contributed by atoms with Gasteiger partial charge in [-0.25, -0.2) is 0 Å². The normalized spacial score (nSPS) is 9.68. The van der Waals surface area contributed by atoms with Crippen LogP contribution in [0.4, 0.5) is 34.1 Å². The maximum atomic E-state index is 11.2. The Morgan fingerprint density at radius 3 is 1.05 bits per heavy atom. The summed E-state index contributed by atoms with van der Waals surface area (Å²) in [6.45, 7) is 37.1. The number of anilines is 2. The molecule has 2 radical (unpaired) electrons. The number of rotatable bonds is 13. The summed E-state index contributed by atoms with van der Waals surface area (Å²) in [5, 5.41) is 49.9. The number of hydrogen-bond donors (Lipinski definition) is 5. The molecule has 526 valence electrons. The van der Waals surface area contributed by atoms with Crippen LogP contribution in [0.1, 0.15) is 125 Å². The Bertz CT molecular complexity index is 3130. The molecular weight excluding hydrogens is 1400 g/mol. The molecule has 0 aromatic heterocycles. The molecule has 5 rings (SSSR count). The van der Waals surface area contributed by atoms with Crippen LogP contribution in [0.15, 0.2) is 103 Å². The third kappa shape index (κ3) is 58.4. The van der Waals surface area contributed by atoms with Crippen molar-refractivity contribution < 1.29 is 86.9 Å². The first-order valence-electron chi connectivity index (χ1n) is 27.1. The standard InChI is InChI=1S/C12H18N2O2.C12H17NO3.C12H19NO.C11H15NO3.C6H4N2O4.C5H12O.4CO2.2ClH.H3N.Sn/c1-12(2,3)7-16-9-6-4-5-8(13)10(9)11(14)15;1-9-10(13(14)15)6-5-7-11(9)16-8-12(2,3)4;1-9-10(13)6-5-7-11(9)14-8-12(2,3)4;1-11(2,3)8-15-10-6-4-5-9(7-10)12(13)14;9-7(10)5-2-1-3-6(4-5)8(11)12;1-5(2,3)4-6;4*2-1-3;;;;/h4-6H,7,13H2,1-3H3,(H2,14,15);5-7H,8H2,1-4H3;5-7H,8,13H2,1-4H3;4-7H,8H2,1-3H3;1-4H;6H,4H2,1-3H3;;;;;2*1H;1H3;/q;;;;;;;;;;;;;+2/p-2. The Labute approximate surface area is 569 Å². The molecule has 0 aliphatic carbocycles. The Morgan fingerprint density at radius 2 is 0.737 bits per heavy atom. The number of amides is 1. The van der Waals surface area contributed by atoms with E-state index < -0.39 is 39.6 Å². The van der Waals surface area contributed by atoms with E-state index in [2.05, 4.69) is 41.5 Å². The number of non-ortho nitro benzene ring substituents is 3. The van der Waals surface area contributed by atoms with E-state index in [1.54, 1.807) is 49.4 Å². The van der Waals surface area contributed by atoms with Crippen molar-refractivity contribution in [1.29, 1.82) is 0 Å². The van der Waals surface area contributed by atoms with Crippen molar-refractivity contribution in [3.63, 3.8) is 0 Å². The molecule has 0 saturated carbocycles. The molecule has 0 unspecified atom stereocenters. The molecule has 0 spiro atoms. The van der Waals surface area contributed by atoms with E-state index in [0.717, 1.165) is 23.1 Å². The van der Waals surface area contributed by atoms with Gasteiger partial charge >= 0.3 is 61.3 Å². The number of benzene rings is 5. The molecule has 0 saturated heterocycles. The molecule has 0 bridgehead atoms. The summed E-state index contributed by atoms with van der Waals surface area (Å²) >= 11 is -0.826. The number of nitrogens with two attached hydrogens (primary N) is 3. The zero-order valence-electron chi connectivity index (χ0n) is 56.4. The second kappa shape index (κ2) is 53.2. The first kappa shape index (κ1) is 99.4. The molecule has 0 atom stereocenters. The monoisotopic (exact) mass is 1490 g/mol. The second-order valence-corrected chi connectivity index (χ2v) is 28.8. The fraction of sp³-hybridized carbons (Fsp3) is 0.435. The molecule has 0 fully saturated rings. The van der Waals surface area contributed by atoms with Gasteiger partial charge in [0.2, 0.25) is 0 Å². The number of nitrogens with zero attached hydrogens (tertiary/aromatic N) is 4. The molecule has 95 heavy (non-hydrogen) atoms. The summed E-state index contributed by atoms with van der Waals surface area (Å²) in [5.74, 6) is 1.90. The van der Waals surface area contributed by atoms with Crippen LogP contribution in [-0.4, -0.2) is 107 Å². The van der Waals surface area contributed by atoms with Crippen molar-refractivity contribution in [1.82, 2.24) is 6.15 Å². The summed E-state index contributed by atoms with van der Waals surface area (Å²) in [5.41, 5.74) is 19.7. The number of primary amides is 1. The molecule has 5 aromatic rings. The molecule has 5 aromatic carbocycles. The van der Waals surface area contributed by atoms with Crippen LogP contribution < -0.4 is 42.3 Å². The van der Waals surface area contributed by atoms with Gasteiger partial charge in [0.15, 0.2) is 0 Å². The van der Waals surface area contributed by atoms with Crippen molar-refractivity contribution in [2.75, 3.05) is 44.5 Å². The number of nitro groups is 4. The first-order chi connectivity index (χ1) is 43.1. The molecule has 10 N–H and O–H groups in total. The van der Waals surface area contributed by atoms with Crippen molar-refractivity contribution in [2.24, 2.45) is 32.8 Å². The van der Waals surface area contributed by atoms with E-state index in [4.69, 9.17) is 97.5 Å².